The Balaban J connectivity index is 2.84. The molecule has 1 atom stereocenters. The topological polar surface area (TPSA) is 102 Å². The summed E-state index contributed by atoms with van der Waals surface area (Å²) in [5.74, 6) is -0.887. The molecular formula is C18H26N2O6S. The minimum absolute atomic E-state index is 0.00288. The zero-order valence-electron chi connectivity index (χ0n) is 16.2. The van der Waals surface area contributed by atoms with E-state index < -0.39 is 16.0 Å². The van der Waals surface area contributed by atoms with Gasteiger partial charge >= 0.3 is 5.97 Å². The maximum atomic E-state index is 12.4. The fraction of sp³-hybridized carbons (Fsp3) is 0.444. The zero-order chi connectivity index (χ0) is 20.6. The molecule has 9 heteroatoms. The largest absolute Gasteiger partial charge is 0.495 e. The summed E-state index contributed by atoms with van der Waals surface area (Å²) in [6.07, 6.45) is 3.31. The van der Waals surface area contributed by atoms with E-state index in [4.69, 9.17) is 9.47 Å². The number of sulfonamides is 1. The van der Waals surface area contributed by atoms with Crippen LogP contribution < -0.4 is 10.1 Å². The van der Waals surface area contributed by atoms with Gasteiger partial charge in [-0.3, -0.25) is 4.79 Å². The highest BCUT2D eigenvalue weighted by atomic mass is 32.2. The summed E-state index contributed by atoms with van der Waals surface area (Å²) >= 11 is 0. The molecule has 0 radical (unpaired) electrons. The molecule has 0 fully saturated rings. The summed E-state index contributed by atoms with van der Waals surface area (Å²) in [5, 5.41) is 2.68. The summed E-state index contributed by atoms with van der Waals surface area (Å²) in [6.45, 7) is 3.40. The highest BCUT2D eigenvalue weighted by Gasteiger charge is 2.22. The first-order valence-corrected chi connectivity index (χ1v) is 9.80. The molecule has 0 bridgehead atoms. The summed E-state index contributed by atoms with van der Waals surface area (Å²) in [4.78, 5) is 23.3. The van der Waals surface area contributed by atoms with Gasteiger partial charge in [0.2, 0.25) is 10.0 Å². The van der Waals surface area contributed by atoms with Crippen molar-refractivity contribution in [2.75, 3.05) is 27.8 Å². The van der Waals surface area contributed by atoms with Crippen LogP contribution in [0, 0.1) is 0 Å². The first kappa shape index (κ1) is 22.7. The standard InChI is InChI=1S/C18H26N2O6S/c1-6-13(2)19-17(21)12-26-18(22)10-8-14-7-9-15(25-5)16(11-14)27(23,24)20(3)4/h7-11,13H,6,12H2,1-5H3,(H,19,21)/b10-8+/t13-/m0/s1. The number of benzene rings is 1. The molecule has 0 heterocycles. The molecule has 1 amide bonds. The molecule has 1 aromatic rings. The number of carbonyl (C=O) groups excluding carboxylic acids is 2. The molecule has 150 valence electrons. The van der Waals surface area contributed by atoms with Gasteiger partial charge in [0.05, 0.1) is 7.11 Å². The van der Waals surface area contributed by atoms with Crippen molar-refractivity contribution in [3.05, 3.63) is 29.8 Å². The van der Waals surface area contributed by atoms with Crippen molar-refractivity contribution >= 4 is 28.0 Å². The van der Waals surface area contributed by atoms with Crippen molar-refractivity contribution < 1.29 is 27.5 Å². The summed E-state index contributed by atoms with van der Waals surface area (Å²) in [5.41, 5.74) is 0.470. The average molecular weight is 398 g/mol. The third kappa shape index (κ3) is 6.69. The molecule has 0 unspecified atom stereocenters. The Morgan fingerprint density at radius 1 is 1.30 bits per heavy atom. The Morgan fingerprint density at radius 3 is 2.52 bits per heavy atom. The number of nitrogens with one attached hydrogen (secondary N) is 1. The first-order valence-electron chi connectivity index (χ1n) is 8.36. The lowest BCUT2D eigenvalue weighted by atomic mass is 10.2. The quantitative estimate of drug-likeness (QED) is 0.499. The molecule has 0 aliphatic heterocycles. The number of hydrogen-bond donors (Lipinski definition) is 1. The Morgan fingerprint density at radius 2 is 1.96 bits per heavy atom. The molecule has 0 saturated heterocycles. The second-order valence-electron chi connectivity index (χ2n) is 6.02. The third-order valence-corrected chi connectivity index (χ3v) is 5.56. The minimum Gasteiger partial charge on any atom is -0.495 e. The predicted molar refractivity (Wildman–Crippen MR) is 102 cm³/mol. The molecule has 1 aromatic carbocycles. The Labute approximate surface area is 160 Å². The molecule has 0 aromatic heterocycles. The van der Waals surface area contributed by atoms with E-state index in [-0.39, 0.29) is 29.2 Å². The van der Waals surface area contributed by atoms with Crippen LogP contribution in [0.15, 0.2) is 29.2 Å². The van der Waals surface area contributed by atoms with E-state index in [1.54, 1.807) is 6.07 Å². The second kappa shape index (κ2) is 10.1. The lowest BCUT2D eigenvalue weighted by Gasteiger charge is -2.15. The van der Waals surface area contributed by atoms with Crippen LogP contribution >= 0.6 is 0 Å². The molecule has 0 aliphatic rings. The second-order valence-corrected chi connectivity index (χ2v) is 8.14. The van der Waals surface area contributed by atoms with Gasteiger partial charge in [0.15, 0.2) is 6.61 Å². The van der Waals surface area contributed by atoms with Crippen LogP contribution in [0.5, 0.6) is 5.75 Å². The zero-order valence-corrected chi connectivity index (χ0v) is 17.0. The molecule has 0 saturated carbocycles. The molecule has 27 heavy (non-hydrogen) atoms. The Bertz CT molecular complexity index is 802. The van der Waals surface area contributed by atoms with Crippen LogP contribution in [-0.4, -0.2) is 58.5 Å². The van der Waals surface area contributed by atoms with Gasteiger partial charge in [-0.05, 0) is 37.1 Å². The van der Waals surface area contributed by atoms with E-state index in [9.17, 15) is 18.0 Å². The molecule has 0 aliphatic carbocycles. The lowest BCUT2D eigenvalue weighted by Crippen LogP contribution is -2.35. The summed E-state index contributed by atoms with van der Waals surface area (Å²) in [7, 11) is 0.497. The van der Waals surface area contributed by atoms with Gasteiger partial charge in [-0.1, -0.05) is 13.0 Å². The smallest absolute Gasteiger partial charge is 0.331 e. The molecule has 1 N–H and O–H groups in total. The highest BCUT2D eigenvalue weighted by molar-refractivity contribution is 7.89. The lowest BCUT2D eigenvalue weighted by molar-refractivity contribution is -0.144. The maximum absolute atomic E-state index is 12.4. The molecular weight excluding hydrogens is 372 g/mol. The number of esters is 1. The molecule has 0 spiro atoms. The van der Waals surface area contributed by atoms with E-state index in [2.05, 4.69) is 5.32 Å². The van der Waals surface area contributed by atoms with Crippen molar-refractivity contribution in [1.82, 2.24) is 9.62 Å². The van der Waals surface area contributed by atoms with Gasteiger partial charge in [0, 0.05) is 26.2 Å². The van der Waals surface area contributed by atoms with Crippen molar-refractivity contribution in [2.24, 2.45) is 0 Å². The molecule has 8 nitrogen and oxygen atoms in total. The number of hydrogen-bond acceptors (Lipinski definition) is 6. The van der Waals surface area contributed by atoms with Crippen LogP contribution in [0.3, 0.4) is 0 Å². The first-order chi connectivity index (χ1) is 12.6. The van der Waals surface area contributed by atoms with E-state index in [1.807, 2.05) is 13.8 Å². The van der Waals surface area contributed by atoms with E-state index in [0.717, 1.165) is 16.8 Å². The maximum Gasteiger partial charge on any atom is 0.331 e. The van der Waals surface area contributed by atoms with Crippen LogP contribution in [0.4, 0.5) is 0 Å². The predicted octanol–water partition coefficient (Wildman–Crippen LogP) is 1.42. The van der Waals surface area contributed by atoms with Gasteiger partial charge < -0.3 is 14.8 Å². The van der Waals surface area contributed by atoms with Gasteiger partial charge in [0.25, 0.3) is 5.91 Å². The van der Waals surface area contributed by atoms with Crippen molar-refractivity contribution in [2.45, 2.75) is 31.2 Å². The number of carbonyl (C=O) groups is 2. The van der Waals surface area contributed by atoms with Crippen molar-refractivity contribution in [3.63, 3.8) is 0 Å². The van der Waals surface area contributed by atoms with Crippen LogP contribution in [0.1, 0.15) is 25.8 Å². The number of nitrogens with zero attached hydrogens (tertiary/aromatic N) is 1. The van der Waals surface area contributed by atoms with Crippen LogP contribution in [-0.2, 0) is 24.3 Å². The third-order valence-electron chi connectivity index (χ3n) is 3.72. The number of amides is 1. The summed E-state index contributed by atoms with van der Waals surface area (Å²) in [6, 6.07) is 4.50. The Kier molecular flexibility index (Phi) is 8.45. The summed E-state index contributed by atoms with van der Waals surface area (Å²) < 4.78 is 35.8. The number of methoxy groups -OCH3 is 1. The van der Waals surface area contributed by atoms with Crippen molar-refractivity contribution in [3.8, 4) is 5.75 Å². The van der Waals surface area contributed by atoms with Crippen LogP contribution in [0.2, 0.25) is 0 Å². The van der Waals surface area contributed by atoms with Gasteiger partial charge in [-0.25, -0.2) is 17.5 Å². The molecule has 1 rings (SSSR count). The number of ether oxygens (including phenoxy) is 2. The SMILES string of the molecule is CC[C@H](C)NC(=O)COC(=O)/C=C/c1ccc(OC)c(S(=O)(=O)N(C)C)c1. The van der Waals surface area contributed by atoms with E-state index >= 15 is 0 Å². The monoisotopic (exact) mass is 398 g/mol. The highest BCUT2D eigenvalue weighted by Crippen LogP contribution is 2.27. The fourth-order valence-corrected chi connectivity index (χ4v) is 3.05. The number of rotatable bonds is 9. The van der Waals surface area contributed by atoms with E-state index in [1.165, 1.54) is 39.4 Å². The minimum atomic E-state index is -3.71. The van der Waals surface area contributed by atoms with Crippen molar-refractivity contribution in [1.29, 1.82) is 0 Å². The average Bonchev–Trinajstić information content (AvgIpc) is 2.64. The van der Waals surface area contributed by atoms with Crippen LogP contribution in [0.25, 0.3) is 6.08 Å². The fourth-order valence-electron chi connectivity index (χ4n) is 1.96. The van der Waals surface area contributed by atoms with Gasteiger partial charge in [-0.15, -0.1) is 0 Å². The van der Waals surface area contributed by atoms with Gasteiger partial charge in [0.1, 0.15) is 10.6 Å². The van der Waals surface area contributed by atoms with E-state index in [0.29, 0.717) is 5.56 Å². The normalized spacial score (nSPS) is 12.8. The Hall–Kier alpha value is -2.39. The van der Waals surface area contributed by atoms with Gasteiger partial charge in [-0.2, -0.15) is 0 Å².